The molecule has 0 spiro atoms. The molecule has 0 saturated carbocycles. The summed E-state index contributed by atoms with van der Waals surface area (Å²) in [5.74, 6) is 0. The van der Waals surface area contributed by atoms with Gasteiger partial charge in [-0.1, -0.05) is 121 Å². The van der Waals surface area contributed by atoms with E-state index in [1.54, 1.807) is 0 Å². The monoisotopic (exact) mass is 804 g/mol. The van der Waals surface area contributed by atoms with E-state index in [0.29, 0.717) is 0 Å². The van der Waals surface area contributed by atoms with Crippen molar-refractivity contribution in [3.8, 4) is 0 Å². The average Bonchev–Trinajstić information content (AvgIpc) is 2.95. The molecule has 270 valence electrons. The molecular weight excluding hydrogens is 765 g/mol. The molecule has 0 unspecified atom stereocenters. The van der Waals surface area contributed by atoms with Gasteiger partial charge in [0.2, 0.25) is 7.59 Å². The first kappa shape index (κ1) is 42.6. The highest BCUT2D eigenvalue weighted by molar-refractivity contribution is 6.74. The smallest absolute Gasteiger partial charge is 0.407 e. The first-order valence-corrected chi connectivity index (χ1v) is 19.6. The van der Waals surface area contributed by atoms with Gasteiger partial charge in [-0.25, -0.2) is 9.59 Å². The Morgan fingerprint density at radius 2 is 1.49 bits per heavy atom. The quantitative estimate of drug-likeness (QED) is 0.138. The lowest BCUT2D eigenvalue weighted by Gasteiger charge is -2.44. The maximum absolute atomic E-state index is 12.6. The Morgan fingerprint density at radius 1 is 0.915 bits per heavy atom. The van der Waals surface area contributed by atoms with Crippen LogP contribution in [0.5, 0.6) is 0 Å². The summed E-state index contributed by atoms with van der Waals surface area (Å²) < 4.78 is 30.2. The molecule has 12 nitrogen and oxygen atoms in total. The summed E-state index contributed by atoms with van der Waals surface area (Å²) in [5, 5.41) is 26.9. The Balaban J connectivity index is 2.23. The topological polar surface area (TPSA) is 154 Å². The molecule has 19 heteroatoms. The van der Waals surface area contributed by atoms with Gasteiger partial charge < -0.3 is 49.0 Å². The van der Waals surface area contributed by atoms with Crippen LogP contribution in [0.2, 0.25) is 18.1 Å². The summed E-state index contributed by atoms with van der Waals surface area (Å²) >= 11 is 34.1. The zero-order valence-corrected chi connectivity index (χ0v) is 32.1. The number of carbonyl (C=O) groups excluding carboxylic acids is 2. The van der Waals surface area contributed by atoms with E-state index in [4.69, 9.17) is 97.7 Å². The molecular formula is C28H42Cl6N2O10Si. The van der Waals surface area contributed by atoms with E-state index in [-0.39, 0.29) is 31.5 Å². The number of ether oxygens (including phenoxy) is 5. The summed E-state index contributed by atoms with van der Waals surface area (Å²) in [7, 11) is -2.30. The van der Waals surface area contributed by atoms with Crippen molar-refractivity contribution >= 4 is 90.1 Å². The van der Waals surface area contributed by atoms with Crippen LogP contribution in [0.25, 0.3) is 0 Å². The van der Waals surface area contributed by atoms with Crippen LogP contribution in [0.1, 0.15) is 26.3 Å². The van der Waals surface area contributed by atoms with Crippen molar-refractivity contribution < 1.29 is 47.9 Å². The molecule has 2 rings (SSSR count). The highest BCUT2D eigenvalue weighted by Gasteiger charge is 2.48. The normalized spacial score (nSPS) is 23.1. The highest BCUT2D eigenvalue weighted by Crippen LogP contribution is 2.37. The lowest BCUT2D eigenvalue weighted by Crippen LogP contribution is -2.65. The van der Waals surface area contributed by atoms with Gasteiger partial charge in [-0.15, -0.1) is 0 Å². The molecule has 0 aliphatic carbocycles. The maximum atomic E-state index is 12.6. The fraction of sp³-hybridized carbons (Fsp3) is 0.714. The fourth-order valence-corrected chi connectivity index (χ4v) is 5.13. The third-order valence-electron chi connectivity index (χ3n) is 7.35. The number of carbonyl (C=O) groups is 2. The largest absolute Gasteiger partial charge is 0.445 e. The van der Waals surface area contributed by atoms with Gasteiger partial charge in [-0.05, 0) is 23.7 Å². The van der Waals surface area contributed by atoms with Gasteiger partial charge >= 0.3 is 12.2 Å². The fourth-order valence-electron chi connectivity index (χ4n) is 3.79. The van der Waals surface area contributed by atoms with Crippen LogP contribution < -0.4 is 10.6 Å². The minimum Gasteiger partial charge on any atom is -0.445 e. The third-order valence-corrected chi connectivity index (χ3v) is 12.5. The molecule has 1 aliphatic rings. The van der Waals surface area contributed by atoms with Crippen molar-refractivity contribution in [2.75, 3.05) is 33.0 Å². The molecule has 0 bridgehead atoms. The number of rotatable bonds is 14. The van der Waals surface area contributed by atoms with Crippen LogP contribution in [0.15, 0.2) is 30.3 Å². The van der Waals surface area contributed by atoms with Gasteiger partial charge in [0.1, 0.15) is 37.6 Å². The van der Waals surface area contributed by atoms with E-state index >= 15 is 0 Å². The Bertz CT molecular complexity index is 1120. The number of nitrogens with one attached hydrogen (secondary N) is 2. The Morgan fingerprint density at radius 3 is 2.04 bits per heavy atom. The van der Waals surface area contributed by atoms with Gasteiger partial charge in [0.05, 0.1) is 32.5 Å². The van der Waals surface area contributed by atoms with Crippen LogP contribution in [0.3, 0.4) is 0 Å². The van der Waals surface area contributed by atoms with Crippen LogP contribution in [0, 0.1) is 0 Å². The number of hydrogen-bond donors (Lipinski definition) is 4. The Hall–Kier alpha value is -0.523. The van der Waals surface area contributed by atoms with Crippen molar-refractivity contribution in [1.29, 1.82) is 0 Å². The number of aliphatic hydroxyl groups is 2. The molecule has 2 amide bonds. The Labute approximate surface area is 305 Å². The number of halogens is 6. The SMILES string of the molecule is CC(C)(C)[Si](C)(C)OC[C@H]1O[C@H](OC[C@H](COCc2ccccc2)NC(=O)OCC(Cl)(Cl)Cl)[C@@H](NC(=O)OCC(Cl)(Cl)Cl)[C@@H](O)[C@@H]1O. The third kappa shape index (κ3) is 15.9. The molecule has 1 heterocycles. The van der Waals surface area contributed by atoms with Crippen LogP contribution in [-0.2, 0) is 34.7 Å². The summed E-state index contributed by atoms with van der Waals surface area (Å²) in [6.07, 6.45) is -7.59. The van der Waals surface area contributed by atoms with Crippen molar-refractivity contribution in [2.45, 2.75) is 89.8 Å². The minimum absolute atomic E-state index is 0.0725. The van der Waals surface area contributed by atoms with Gasteiger partial charge in [0, 0.05) is 0 Å². The number of amides is 2. The second-order valence-corrected chi connectivity index (χ2v) is 22.2. The van der Waals surface area contributed by atoms with E-state index < -0.39 is 78.0 Å². The van der Waals surface area contributed by atoms with Crippen molar-refractivity contribution in [3.05, 3.63) is 35.9 Å². The molecule has 0 aromatic heterocycles. The zero-order chi connectivity index (χ0) is 35.6. The van der Waals surface area contributed by atoms with Crippen molar-refractivity contribution in [3.63, 3.8) is 0 Å². The van der Waals surface area contributed by atoms with Gasteiger partial charge in [0.15, 0.2) is 14.6 Å². The predicted octanol–water partition coefficient (Wildman–Crippen LogP) is 5.62. The molecule has 0 radical (unpaired) electrons. The van der Waals surface area contributed by atoms with Gasteiger partial charge in [-0.2, -0.15) is 0 Å². The summed E-state index contributed by atoms with van der Waals surface area (Å²) in [4.78, 5) is 25.1. The number of alkyl halides is 6. The lowest BCUT2D eigenvalue weighted by atomic mass is 9.97. The van der Waals surface area contributed by atoms with Crippen molar-refractivity contribution in [2.24, 2.45) is 0 Å². The molecule has 1 aromatic rings. The Kier molecular flexibility index (Phi) is 16.9. The maximum Gasteiger partial charge on any atom is 0.407 e. The molecule has 47 heavy (non-hydrogen) atoms. The summed E-state index contributed by atoms with van der Waals surface area (Å²) in [6, 6.07) is 7.04. The number of aliphatic hydroxyl groups excluding tert-OH is 2. The summed E-state index contributed by atoms with van der Waals surface area (Å²) in [6.45, 7) is 8.81. The zero-order valence-electron chi connectivity index (χ0n) is 26.5. The molecule has 1 saturated heterocycles. The van der Waals surface area contributed by atoms with Gasteiger partial charge in [-0.3, -0.25) is 0 Å². The van der Waals surface area contributed by atoms with E-state index in [1.807, 2.05) is 64.2 Å². The second-order valence-electron chi connectivity index (χ2n) is 12.3. The first-order chi connectivity index (χ1) is 21.6. The predicted molar refractivity (Wildman–Crippen MR) is 183 cm³/mol. The number of hydrogen-bond acceptors (Lipinski definition) is 10. The van der Waals surface area contributed by atoms with Crippen LogP contribution in [-0.4, -0.2) is 108 Å². The molecule has 6 atom stereocenters. The lowest BCUT2D eigenvalue weighted by molar-refractivity contribution is -0.270. The molecule has 1 aromatic carbocycles. The van der Waals surface area contributed by atoms with E-state index in [1.165, 1.54) is 0 Å². The van der Waals surface area contributed by atoms with E-state index in [2.05, 4.69) is 10.6 Å². The molecule has 1 aliphatic heterocycles. The van der Waals surface area contributed by atoms with Crippen LogP contribution >= 0.6 is 69.6 Å². The highest BCUT2D eigenvalue weighted by atomic mass is 35.6. The minimum atomic E-state index is -2.30. The number of alkyl carbamates (subject to hydrolysis) is 2. The van der Waals surface area contributed by atoms with E-state index in [0.717, 1.165) is 5.56 Å². The van der Waals surface area contributed by atoms with E-state index in [9.17, 15) is 19.8 Å². The first-order valence-electron chi connectivity index (χ1n) is 14.5. The van der Waals surface area contributed by atoms with Crippen molar-refractivity contribution in [1.82, 2.24) is 10.6 Å². The number of benzene rings is 1. The van der Waals surface area contributed by atoms with Crippen LogP contribution in [0.4, 0.5) is 9.59 Å². The standard InChI is InChI=1S/C28H42Cl6N2O10Si/c1-26(2,3)47(4,5)45-14-19-21(37)22(38)20(36-25(40)44-16-28(32,33)34)23(46-19)42-13-18(35-24(39)43-15-27(29,30)31)12-41-11-17-9-7-6-8-10-17/h6-10,18-23,37-38H,11-16H2,1-5H3,(H,35,39)(H,36,40)/t18-,19+,20-,21+,22+,23-/m0/s1. The molecule has 4 N–H and O–H groups in total. The average molecular weight is 807 g/mol. The summed E-state index contributed by atoms with van der Waals surface area (Å²) in [5.41, 5.74) is 0.876. The molecule has 1 fully saturated rings. The second kappa shape index (κ2) is 18.6. The van der Waals surface area contributed by atoms with Gasteiger partial charge in [0.25, 0.3) is 0 Å².